The van der Waals surface area contributed by atoms with Crippen LogP contribution in [0.1, 0.15) is 0 Å². The monoisotopic (exact) mass is 259 g/mol. The van der Waals surface area contributed by atoms with Crippen molar-refractivity contribution in [1.82, 2.24) is 9.80 Å². The third-order valence-electron chi connectivity index (χ3n) is 2.73. The number of rotatable bonds is 1. The minimum atomic E-state index is -3.68. The van der Waals surface area contributed by atoms with E-state index in [0.29, 0.717) is 18.5 Å². The van der Waals surface area contributed by atoms with E-state index in [2.05, 4.69) is 9.89 Å². The van der Waals surface area contributed by atoms with E-state index >= 15 is 0 Å². The highest BCUT2D eigenvalue weighted by molar-refractivity contribution is 8.09. The summed E-state index contributed by atoms with van der Waals surface area (Å²) in [5.74, 6) is -1.32. The van der Waals surface area contributed by atoms with E-state index in [0.717, 1.165) is 13.1 Å². The lowest BCUT2D eigenvalue weighted by molar-refractivity contribution is -0.132. The van der Waals surface area contributed by atoms with Crippen molar-refractivity contribution in [3.8, 4) is 0 Å². The Kier molecular flexibility index (Phi) is 2.92. The van der Waals surface area contributed by atoms with Gasteiger partial charge in [-0.2, -0.15) is 0 Å². The van der Waals surface area contributed by atoms with Gasteiger partial charge in [-0.25, -0.2) is 18.2 Å². The molecule has 17 heavy (non-hydrogen) atoms. The molecule has 0 aromatic heterocycles. The van der Waals surface area contributed by atoms with Crippen molar-refractivity contribution >= 4 is 21.0 Å². The van der Waals surface area contributed by atoms with Gasteiger partial charge in [0.2, 0.25) is 15.0 Å². The second kappa shape index (κ2) is 4.11. The number of aliphatic imine (C=N–C) groups is 1. The molecule has 2 heterocycles. The molecular formula is C9H13N3O4S. The maximum atomic E-state index is 11.7. The molecule has 0 amide bonds. The van der Waals surface area contributed by atoms with Crippen molar-refractivity contribution in [3.05, 3.63) is 11.1 Å². The average Bonchev–Trinajstić information content (AvgIpc) is 2.56. The molecule has 94 valence electrons. The van der Waals surface area contributed by atoms with Gasteiger partial charge in [-0.1, -0.05) is 0 Å². The zero-order valence-corrected chi connectivity index (χ0v) is 10.1. The first kappa shape index (κ1) is 12.1. The molecule has 0 saturated carbocycles. The number of aliphatic carboxylic acids is 1. The Bertz CT molecular complexity index is 500. The van der Waals surface area contributed by atoms with E-state index in [-0.39, 0.29) is 5.17 Å². The molecule has 8 heteroatoms. The number of carboxylic acids is 1. The van der Waals surface area contributed by atoms with Crippen molar-refractivity contribution in [2.24, 2.45) is 4.99 Å². The van der Waals surface area contributed by atoms with Gasteiger partial charge in [-0.3, -0.25) is 0 Å². The summed E-state index contributed by atoms with van der Waals surface area (Å²) in [6.07, 6.45) is 0. The summed E-state index contributed by atoms with van der Waals surface area (Å²) in [4.78, 5) is 18.1. The molecule has 0 aliphatic carbocycles. The number of nitrogens with zero attached hydrogens (tertiary/aromatic N) is 3. The van der Waals surface area contributed by atoms with Crippen LogP contribution in [-0.2, 0) is 14.6 Å². The highest BCUT2D eigenvalue weighted by atomic mass is 32.2. The zero-order chi connectivity index (χ0) is 12.6. The summed E-state index contributed by atoms with van der Waals surface area (Å²) in [5, 5.41) is 9.31. The molecule has 1 saturated heterocycles. The third-order valence-corrected chi connectivity index (χ3v) is 4.12. The minimum Gasteiger partial charge on any atom is -0.476 e. The average molecular weight is 259 g/mol. The van der Waals surface area contributed by atoms with Crippen LogP contribution >= 0.6 is 0 Å². The first-order valence-corrected chi connectivity index (χ1v) is 6.67. The van der Waals surface area contributed by atoms with Crippen LogP contribution in [0.5, 0.6) is 0 Å². The summed E-state index contributed by atoms with van der Waals surface area (Å²) in [6.45, 7) is 2.54. The topological polar surface area (TPSA) is 90.3 Å². The van der Waals surface area contributed by atoms with E-state index in [4.69, 9.17) is 5.11 Å². The lowest BCUT2D eigenvalue weighted by Crippen LogP contribution is -2.48. The number of sulfone groups is 1. The minimum absolute atomic E-state index is 0.136. The van der Waals surface area contributed by atoms with Crippen molar-refractivity contribution in [2.45, 2.75) is 0 Å². The maximum absolute atomic E-state index is 11.7. The number of piperazine rings is 1. The van der Waals surface area contributed by atoms with E-state index in [1.807, 2.05) is 7.05 Å². The molecule has 0 aromatic rings. The van der Waals surface area contributed by atoms with Crippen LogP contribution in [-0.4, -0.2) is 67.7 Å². The number of carboxylic acid groups (broad SMARTS) is 1. The summed E-state index contributed by atoms with van der Waals surface area (Å²) < 4.78 is 23.5. The van der Waals surface area contributed by atoms with Crippen molar-refractivity contribution in [3.63, 3.8) is 0 Å². The molecule has 0 atom stereocenters. The van der Waals surface area contributed by atoms with E-state index in [1.165, 1.54) is 0 Å². The van der Waals surface area contributed by atoms with Crippen LogP contribution in [0.4, 0.5) is 0 Å². The summed E-state index contributed by atoms with van der Waals surface area (Å²) in [5.41, 5.74) is -0.418. The largest absolute Gasteiger partial charge is 0.476 e. The fourth-order valence-corrected chi connectivity index (χ4v) is 3.06. The third kappa shape index (κ3) is 2.32. The van der Waals surface area contributed by atoms with Crippen LogP contribution in [0.15, 0.2) is 16.1 Å². The maximum Gasteiger partial charge on any atom is 0.355 e. The summed E-state index contributed by atoms with van der Waals surface area (Å²) in [7, 11) is -1.74. The Morgan fingerprint density at radius 2 is 1.94 bits per heavy atom. The molecular weight excluding hydrogens is 246 g/mol. The van der Waals surface area contributed by atoms with Gasteiger partial charge in [-0.15, -0.1) is 0 Å². The predicted octanol–water partition coefficient (Wildman–Crippen LogP) is -1.06. The Morgan fingerprint density at radius 3 is 2.41 bits per heavy atom. The predicted molar refractivity (Wildman–Crippen MR) is 61.1 cm³/mol. The van der Waals surface area contributed by atoms with Crippen LogP contribution in [0, 0.1) is 0 Å². The first-order chi connectivity index (χ1) is 7.90. The molecule has 1 N–H and O–H groups in total. The van der Waals surface area contributed by atoms with Crippen LogP contribution in [0.2, 0.25) is 0 Å². The zero-order valence-electron chi connectivity index (χ0n) is 9.33. The molecule has 2 rings (SSSR count). The highest BCUT2D eigenvalue weighted by Crippen LogP contribution is 2.18. The summed E-state index contributed by atoms with van der Waals surface area (Å²) in [6, 6.07) is 0. The van der Waals surface area contributed by atoms with Gasteiger partial charge in [0.25, 0.3) is 0 Å². The SMILES string of the molecule is CN1CCN(C2=NC(C(=O)O)=CS2(=O)=O)CC1. The van der Waals surface area contributed by atoms with Crippen molar-refractivity contribution in [2.75, 3.05) is 33.2 Å². The fourth-order valence-electron chi connectivity index (χ4n) is 1.74. The molecule has 2 aliphatic rings. The standard InChI is InChI=1S/C9H13N3O4S/c1-11-2-4-12(5-3-11)9-10-7(8(13)14)6-17(9,15)16/h6H,2-5H2,1H3,(H,13,14). The highest BCUT2D eigenvalue weighted by Gasteiger charge is 2.33. The van der Waals surface area contributed by atoms with Crippen molar-refractivity contribution < 1.29 is 18.3 Å². The number of hydrogen-bond acceptors (Lipinski definition) is 6. The van der Waals surface area contributed by atoms with Gasteiger partial charge in [0.05, 0.1) is 5.41 Å². The van der Waals surface area contributed by atoms with Crippen LogP contribution in [0.25, 0.3) is 0 Å². The number of likely N-dealkylation sites (N-methyl/N-ethyl adjacent to an activating group) is 1. The lowest BCUT2D eigenvalue weighted by Gasteiger charge is -2.32. The van der Waals surface area contributed by atoms with E-state index < -0.39 is 21.5 Å². The van der Waals surface area contributed by atoms with Gasteiger partial charge in [-0.05, 0) is 7.05 Å². The molecule has 7 nitrogen and oxygen atoms in total. The van der Waals surface area contributed by atoms with E-state index in [9.17, 15) is 13.2 Å². The van der Waals surface area contributed by atoms with Gasteiger partial charge in [0.15, 0.2) is 5.70 Å². The van der Waals surface area contributed by atoms with Gasteiger partial charge >= 0.3 is 5.97 Å². The fraction of sp³-hybridized carbons (Fsp3) is 0.556. The molecule has 0 bridgehead atoms. The normalized spacial score (nSPS) is 24.4. The lowest BCUT2D eigenvalue weighted by atomic mass is 10.3. The van der Waals surface area contributed by atoms with Crippen LogP contribution < -0.4 is 0 Å². The molecule has 0 unspecified atom stereocenters. The second-order valence-corrected chi connectivity index (χ2v) is 5.73. The second-order valence-electron chi connectivity index (χ2n) is 4.04. The molecule has 2 aliphatic heterocycles. The number of carbonyl (C=O) groups is 1. The van der Waals surface area contributed by atoms with Crippen molar-refractivity contribution in [1.29, 1.82) is 0 Å². The van der Waals surface area contributed by atoms with Gasteiger partial charge in [0, 0.05) is 26.2 Å². The van der Waals surface area contributed by atoms with Crippen LogP contribution in [0.3, 0.4) is 0 Å². The van der Waals surface area contributed by atoms with Gasteiger partial charge < -0.3 is 14.9 Å². The Hall–Kier alpha value is -1.41. The summed E-state index contributed by atoms with van der Waals surface area (Å²) >= 11 is 0. The Labute approximate surface area is 99.0 Å². The quantitative estimate of drug-likeness (QED) is 0.646. The number of hydrogen-bond donors (Lipinski definition) is 1. The molecule has 0 aromatic carbocycles. The molecule has 0 spiro atoms. The molecule has 1 fully saturated rings. The van der Waals surface area contributed by atoms with E-state index in [1.54, 1.807) is 4.90 Å². The smallest absolute Gasteiger partial charge is 0.355 e. The molecule has 0 radical (unpaired) electrons. The first-order valence-electron chi connectivity index (χ1n) is 5.12. The van der Waals surface area contributed by atoms with Gasteiger partial charge in [0.1, 0.15) is 0 Å². The Balaban J connectivity index is 2.23. The number of amidine groups is 1. The Morgan fingerprint density at radius 1 is 1.35 bits per heavy atom.